The smallest absolute Gasteiger partial charge is 1.00 e. The topological polar surface area (TPSA) is 0 Å². The summed E-state index contributed by atoms with van der Waals surface area (Å²) in [6, 6.07) is 0. The van der Waals surface area contributed by atoms with Crippen LogP contribution >= 0.6 is 0 Å². The van der Waals surface area contributed by atoms with Gasteiger partial charge in [-0.2, -0.15) is 0 Å². The molecule has 0 amide bonds. The van der Waals surface area contributed by atoms with Gasteiger partial charge in [0.15, 0.2) is 0 Å². The van der Waals surface area contributed by atoms with Gasteiger partial charge in [-0.25, -0.2) is 0 Å². The molecule has 0 N–H and O–H groups in total. The summed E-state index contributed by atoms with van der Waals surface area (Å²) < 4.78 is 0. The van der Waals surface area contributed by atoms with Crippen molar-refractivity contribution in [3.8, 4) is 0 Å². The molecule has 0 saturated carbocycles. The van der Waals surface area contributed by atoms with E-state index in [1.54, 1.807) is 0 Å². The summed E-state index contributed by atoms with van der Waals surface area (Å²) in [4.78, 5) is 0. The van der Waals surface area contributed by atoms with E-state index in [9.17, 15) is 0 Å². The zero-order chi connectivity index (χ0) is 0. The van der Waals surface area contributed by atoms with Crippen LogP contribution in [0.15, 0.2) is 0 Å². The molecule has 0 aliphatic rings. The van der Waals surface area contributed by atoms with Crippen molar-refractivity contribution in [1.82, 2.24) is 0 Å². The van der Waals surface area contributed by atoms with Gasteiger partial charge in [0.25, 0.3) is 0 Å². The molecule has 0 saturated heterocycles. The zero-order valence-corrected chi connectivity index (χ0v) is 15.9. The van der Waals surface area contributed by atoms with Crippen molar-refractivity contribution >= 4 is 26.2 Å². The summed E-state index contributed by atoms with van der Waals surface area (Å²) in [5, 5.41) is 0. The van der Waals surface area contributed by atoms with Crippen LogP contribution in [0.25, 0.3) is 0 Å². The Bertz CT molecular complexity index is 7.51. The minimum absolute atomic E-state index is 0. The van der Waals surface area contributed by atoms with Crippen LogP contribution in [0.3, 0.4) is 0 Å². The molecule has 0 aromatic rings. The van der Waals surface area contributed by atoms with Crippen LogP contribution in [-0.2, 0) is 0 Å². The van der Waals surface area contributed by atoms with Crippen LogP contribution in [0.2, 0.25) is 0 Å². The Morgan fingerprint density at radius 2 is 0.500 bits per heavy atom. The van der Waals surface area contributed by atoms with Gasteiger partial charge in [-0.1, -0.05) is 0 Å². The van der Waals surface area contributed by atoms with E-state index >= 15 is 0 Å². The third kappa shape index (κ3) is 23.7. The van der Waals surface area contributed by atoms with Crippen LogP contribution < -0.4 is 119 Å². The van der Waals surface area contributed by atoms with Crippen molar-refractivity contribution in [3.05, 3.63) is 0 Å². The Hall–Kier alpha value is 4.44. The third-order valence-electron chi connectivity index (χ3n) is 0. The Morgan fingerprint density at radius 3 is 0.500 bits per heavy atom. The standard InChI is InChI=1S/Bi.4BrH.K/h;4*1H;/q+3;;;;;+1/p-4. The van der Waals surface area contributed by atoms with Gasteiger partial charge in [-0.15, -0.1) is 0 Å². The summed E-state index contributed by atoms with van der Waals surface area (Å²) in [5.41, 5.74) is 0. The van der Waals surface area contributed by atoms with Crippen molar-refractivity contribution in [2.45, 2.75) is 0 Å². The Balaban J connectivity index is 0. The fraction of sp³-hybridized carbons (Fsp3) is 0. The van der Waals surface area contributed by atoms with Crippen molar-refractivity contribution < 1.29 is 119 Å². The second-order valence-electron chi connectivity index (χ2n) is 0. The minimum atomic E-state index is 0. The molecule has 0 aliphatic carbocycles. The van der Waals surface area contributed by atoms with Crippen molar-refractivity contribution in [3.63, 3.8) is 0 Å². The maximum absolute atomic E-state index is 0. The van der Waals surface area contributed by atoms with Crippen molar-refractivity contribution in [2.75, 3.05) is 0 Å². The van der Waals surface area contributed by atoms with Crippen LogP contribution in [0.4, 0.5) is 0 Å². The Morgan fingerprint density at radius 1 is 0.500 bits per heavy atom. The molecule has 0 rings (SSSR count). The summed E-state index contributed by atoms with van der Waals surface area (Å²) >= 11 is 0. The van der Waals surface area contributed by atoms with Gasteiger partial charge in [0.05, 0.1) is 0 Å². The molecule has 34 valence electrons. The van der Waals surface area contributed by atoms with Crippen LogP contribution in [0.5, 0.6) is 0 Å². The summed E-state index contributed by atoms with van der Waals surface area (Å²) in [6.45, 7) is 0. The van der Waals surface area contributed by atoms with Gasteiger partial charge in [0, 0.05) is 0 Å². The van der Waals surface area contributed by atoms with Gasteiger partial charge in [0.1, 0.15) is 0 Å². The predicted molar refractivity (Wildman–Crippen MR) is 5.75 cm³/mol. The molecular weight excluding hydrogens is 568 g/mol. The van der Waals surface area contributed by atoms with Gasteiger partial charge in [0.2, 0.25) is 0 Å². The fourth-order valence-electron chi connectivity index (χ4n) is 0. The van der Waals surface area contributed by atoms with E-state index in [-0.39, 0.29) is 146 Å². The molecule has 2 radical (unpaired) electrons. The molecule has 0 spiro atoms. The van der Waals surface area contributed by atoms with E-state index < -0.39 is 0 Å². The fourth-order valence-corrected chi connectivity index (χ4v) is 0. The van der Waals surface area contributed by atoms with Crippen LogP contribution in [-0.4, -0.2) is 26.2 Å². The molecule has 0 aromatic heterocycles. The molecule has 0 heterocycles. The monoisotopic (exact) mass is 564 g/mol. The van der Waals surface area contributed by atoms with Crippen LogP contribution in [0.1, 0.15) is 0 Å². The molecule has 0 unspecified atom stereocenters. The first-order chi connectivity index (χ1) is 0. The normalized spacial score (nSPS) is 0. The maximum atomic E-state index is 0. The van der Waals surface area contributed by atoms with Crippen molar-refractivity contribution in [1.29, 1.82) is 0 Å². The Kier molecular flexibility index (Phi) is 268. The first-order valence-electron chi connectivity index (χ1n) is 0. The molecule has 0 aromatic carbocycles. The molecule has 0 nitrogen and oxygen atoms in total. The molecule has 0 atom stereocenters. The number of rotatable bonds is 0. The SMILES string of the molecule is [Bi+3].[Br-].[Br-].[Br-].[Br-].[K+]. The molecule has 0 bridgehead atoms. The van der Waals surface area contributed by atoms with Gasteiger partial charge < -0.3 is 67.9 Å². The molecular formula is BiBr4K. The molecule has 0 aliphatic heterocycles. The van der Waals surface area contributed by atoms with Crippen LogP contribution in [0, 0.1) is 0 Å². The van der Waals surface area contributed by atoms with E-state index in [1.165, 1.54) is 0 Å². The van der Waals surface area contributed by atoms with Gasteiger partial charge >= 0.3 is 77.6 Å². The number of hydrogen-bond acceptors (Lipinski definition) is 0. The van der Waals surface area contributed by atoms with E-state index in [0.717, 1.165) is 0 Å². The third-order valence-corrected chi connectivity index (χ3v) is 0. The summed E-state index contributed by atoms with van der Waals surface area (Å²) in [7, 11) is 0. The first-order valence-corrected chi connectivity index (χ1v) is 0. The van der Waals surface area contributed by atoms with E-state index in [2.05, 4.69) is 0 Å². The second-order valence-corrected chi connectivity index (χ2v) is 0. The van der Waals surface area contributed by atoms with E-state index in [0.29, 0.717) is 0 Å². The van der Waals surface area contributed by atoms with E-state index in [4.69, 9.17) is 0 Å². The summed E-state index contributed by atoms with van der Waals surface area (Å²) in [6.07, 6.45) is 0. The molecule has 6 heavy (non-hydrogen) atoms. The number of hydrogen-bond donors (Lipinski definition) is 0. The maximum Gasteiger partial charge on any atom is 3.00 e. The quantitative estimate of drug-likeness (QED) is 0.255. The first kappa shape index (κ1) is 47.2. The average molecular weight is 568 g/mol. The largest absolute Gasteiger partial charge is 3.00 e. The van der Waals surface area contributed by atoms with Gasteiger partial charge in [-0.3, -0.25) is 0 Å². The predicted octanol–water partition coefficient (Wildman–Crippen LogP) is -15.4. The number of halogens is 4. The average Bonchev–Trinajstić information content (AvgIpc) is 0. The molecule has 6 heteroatoms. The van der Waals surface area contributed by atoms with Crippen molar-refractivity contribution in [2.24, 2.45) is 0 Å². The Labute approximate surface area is 142 Å². The molecule has 0 fully saturated rings. The zero-order valence-electron chi connectivity index (χ0n) is 2.96. The van der Waals surface area contributed by atoms with Gasteiger partial charge in [-0.05, 0) is 0 Å². The van der Waals surface area contributed by atoms with E-state index in [1.807, 2.05) is 0 Å². The summed E-state index contributed by atoms with van der Waals surface area (Å²) in [5.74, 6) is 0. The second kappa shape index (κ2) is 34.1. The minimum Gasteiger partial charge on any atom is -1.00 e.